The Morgan fingerprint density at radius 2 is 1.90 bits per heavy atom. The number of rotatable bonds is 6. The van der Waals surface area contributed by atoms with Crippen LogP contribution in [0.1, 0.15) is 0 Å². The lowest BCUT2D eigenvalue weighted by Crippen LogP contribution is -2.23. The van der Waals surface area contributed by atoms with Gasteiger partial charge in [-0.1, -0.05) is 6.07 Å². The Balaban J connectivity index is 2.33. The van der Waals surface area contributed by atoms with Crippen LogP contribution in [0.3, 0.4) is 0 Å². The number of alkyl halides is 2. The lowest BCUT2D eigenvalue weighted by molar-refractivity contribution is 0.126. The summed E-state index contributed by atoms with van der Waals surface area (Å²) in [5, 5.41) is 0. The first-order valence-electron chi connectivity index (χ1n) is 6.32. The zero-order chi connectivity index (χ0) is 15.2. The molecule has 6 heteroatoms. The van der Waals surface area contributed by atoms with Gasteiger partial charge >= 0.3 is 0 Å². The van der Waals surface area contributed by atoms with Gasteiger partial charge in [-0.2, -0.15) is 0 Å². The highest BCUT2D eigenvalue weighted by Crippen LogP contribution is 2.22. The van der Waals surface area contributed by atoms with Crippen molar-refractivity contribution in [2.45, 2.75) is 13.0 Å². The SMILES string of the molecule is CSCOc1ccc(-c2cccc(=O)n2CC(F)F)cc1. The Bertz CT molecular complexity index is 641. The van der Waals surface area contributed by atoms with E-state index in [-0.39, 0.29) is 0 Å². The monoisotopic (exact) mass is 311 g/mol. The molecule has 0 amide bonds. The fourth-order valence-electron chi connectivity index (χ4n) is 1.95. The van der Waals surface area contributed by atoms with Crippen LogP contribution in [0.4, 0.5) is 8.78 Å². The van der Waals surface area contributed by atoms with Crippen LogP contribution in [0.2, 0.25) is 0 Å². The molecule has 0 saturated heterocycles. The summed E-state index contributed by atoms with van der Waals surface area (Å²) >= 11 is 1.56. The van der Waals surface area contributed by atoms with Gasteiger partial charge in [0.2, 0.25) is 0 Å². The molecule has 112 valence electrons. The van der Waals surface area contributed by atoms with E-state index in [2.05, 4.69) is 0 Å². The van der Waals surface area contributed by atoms with E-state index in [0.29, 0.717) is 22.9 Å². The summed E-state index contributed by atoms with van der Waals surface area (Å²) < 4.78 is 31.8. The second-order valence-corrected chi connectivity index (χ2v) is 5.14. The second-order valence-electron chi connectivity index (χ2n) is 4.33. The van der Waals surface area contributed by atoms with Crippen LogP contribution in [0.5, 0.6) is 5.75 Å². The van der Waals surface area contributed by atoms with Gasteiger partial charge in [0.05, 0.1) is 12.2 Å². The first-order valence-corrected chi connectivity index (χ1v) is 7.71. The van der Waals surface area contributed by atoms with Gasteiger partial charge in [0.25, 0.3) is 12.0 Å². The molecule has 0 fully saturated rings. The molecule has 2 aromatic rings. The third kappa shape index (κ3) is 4.07. The summed E-state index contributed by atoms with van der Waals surface area (Å²) in [6.07, 6.45) is -0.644. The topological polar surface area (TPSA) is 31.2 Å². The lowest BCUT2D eigenvalue weighted by atomic mass is 10.1. The summed E-state index contributed by atoms with van der Waals surface area (Å²) in [4.78, 5) is 11.8. The van der Waals surface area contributed by atoms with Crippen LogP contribution in [0.15, 0.2) is 47.3 Å². The van der Waals surface area contributed by atoms with Gasteiger partial charge in [-0.05, 0) is 42.2 Å². The van der Waals surface area contributed by atoms with Crippen LogP contribution >= 0.6 is 11.8 Å². The minimum absolute atomic E-state index is 0.435. The Kier molecular flexibility index (Phi) is 5.38. The van der Waals surface area contributed by atoms with Crippen LogP contribution in [-0.4, -0.2) is 23.2 Å². The minimum atomic E-state index is -2.58. The van der Waals surface area contributed by atoms with E-state index in [1.807, 2.05) is 6.26 Å². The van der Waals surface area contributed by atoms with Gasteiger partial charge in [-0.15, -0.1) is 11.8 Å². The predicted octanol–water partition coefficient (Wildman–Crippen LogP) is 3.48. The highest BCUT2D eigenvalue weighted by molar-refractivity contribution is 7.98. The third-order valence-electron chi connectivity index (χ3n) is 2.86. The average Bonchev–Trinajstić information content (AvgIpc) is 2.47. The Hall–Kier alpha value is -1.82. The number of thioether (sulfide) groups is 1. The molecule has 0 bridgehead atoms. The van der Waals surface area contributed by atoms with Crippen molar-refractivity contribution in [1.29, 1.82) is 0 Å². The fraction of sp³-hybridized carbons (Fsp3) is 0.267. The van der Waals surface area contributed by atoms with Gasteiger partial charge in [0.1, 0.15) is 11.7 Å². The van der Waals surface area contributed by atoms with Gasteiger partial charge < -0.3 is 9.30 Å². The molecule has 0 unspecified atom stereocenters. The molecule has 21 heavy (non-hydrogen) atoms. The molecule has 0 saturated carbocycles. The van der Waals surface area contributed by atoms with Crippen LogP contribution in [0.25, 0.3) is 11.3 Å². The number of pyridine rings is 1. The smallest absolute Gasteiger partial charge is 0.256 e. The quantitative estimate of drug-likeness (QED) is 0.765. The van der Waals surface area contributed by atoms with E-state index < -0.39 is 18.5 Å². The molecule has 2 rings (SSSR count). The molecule has 3 nitrogen and oxygen atoms in total. The number of hydrogen-bond acceptors (Lipinski definition) is 3. The van der Waals surface area contributed by atoms with Gasteiger partial charge in [-0.25, -0.2) is 8.78 Å². The zero-order valence-electron chi connectivity index (χ0n) is 11.5. The maximum absolute atomic E-state index is 12.6. The van der Waals surface area contributed by atoms with E-state index in [9.17, 15) is 13.6 Å². The van der Waals surface area contributed by atoms with E-state index in [0.717, 1.165) is 4.57 Å². The summed E-state index contributed by atoms with van der Waals surface area (Å²) in [6.45, 7) is -0.611. The summed E-state index contributed by atoms with van der Waals surface area (Å²) in [7, 11) is 0. The molecule has 1 aromatic carbocycles. The highest BCUT2D eigenvalue weighted by Gasteiger charge is 2.11. The fourth-order valence-corrected chi connectivity index (χ4v) is 2.20. The van der Waals surface area contributed by atoms with E-state index >= 15 is 0 Å². The molecule has 0 atom stereocenters. The van der Waals surface area contributed by atoms with Crippen LogP contribution in [0, 0.1) is 0 Å². The number of benzene rings is 1. The van der Waals surface area contributed by atoms with Crippen molar-refractivity contribution in [3.05, 3.63) is 52.8 Å². The molecular weight excluding hydrogens is 296 g/mol. The average molecular weight is 311 g/mol. The van der Waals surface area contributed by atoms with E-state index in [4.69, 9.17) is 4.74 Å². The van der Waals surface area contributed by atoms with Crippen molar-refractivity contribution in [3.8, 4) is 17.0 Å². The molecular formula is C15H15F2NO2S. The molecule has 1 heterocycles. The van der Waals surface area contributed by atoms with Crippen molar-refractivity contribution in [3.63, 3.8) is 0 Å². The summed E-state index contributed by atoms with van der Waals surface area (Å²) in [6, 6.07) is 11.5. The lowest BCUT2D eigenvalue weighted by Gasteiger charge is -2.13. The predicted molar refractivity (Wildman–Crippen MR) is 81.2 cm³/mol. The van der Waals surface area contributed by atoms with Crippen molar-refractivity contribution in [2.75, 3.05) is 12.2 Å². The van der Waals surface area contributed by atoms with Crippen molar-refractivity contribution >= 4 is 11.8 Å². The summed E-state index contributed by atoms with van der Waals surface area (Å²) in [5.41, 5.74) is 0.736. The number of nitrogens with zero attached hydrogens (tertiary/aromatic N) is 1. The largest absolute Gasteiger partial charge is 0.483 e. The van der Waals surface area contributed by atoms with Crippen molar-refractivity contribution in [2.24, 2.45) is 0 Å². The minimum Gasteiger partial charge on any atom is -0.483 e. The first-order chi connectivity index (χ1) is 10.1. The van der Waals surface area contributed by atoms with Crippen molar-refractivity contribution in [1.82, 2.24) is 4.57 Å². The first kappa shape index (κ1) is 15.6. The standard InChI is InChI=1S/C15H15F2NO2S/c1-21-10-20-12-7-5-11(6-8-12)13-3-2-4-15(19)18(13)9-14(16)17/h2-8,14H,9-10H2,1H3. The summed E-state index contributed by atoms with van der Waals surface area (Å²) in [5.74, 6) is 1.24. The maximum Gasteiger partial charge on any atom is 0.256 e. The second kappa shape index (κ2) is 7.26. The number of halogens is 2. The number of hydrogen-bond donors (Lipinski definition) is 0. The van der Waals surface area contributed by atoms with E-state index in [1.165, 1.54) is 6.07 Å². The molecule has 0 radical (unpaired) electrons. The zero-order valence-corrected chi connectivity index (χ0v) is 12.3. The molecule has 0 N–H and O–H groups in total. The van der Waals surface area contributed by atoms with Gasteiger partial charge in [-0.3, -0.25) is 4.79 Å². The van der Waals surface area contributed by atoms with Crippen molar-refractivity contribution < 1.29 is 13.5 Å². The number of aromatic nitrogens is 1. The molecule has 1 aromatic heterocycles. The van der Waals surface area contributed by atoms with Gasteiger partial charge in [0.15, 0.2) is 0 Å². The Morgan fingerprint density at radius 3 is 2.52 bits per heavy atom. The highest BCUT2D eigenvalue weighted by atomic mass is 32.2. The molecule has 0 aliphatic rings. The van der Waals surface area contributed by atoms with Gasteiger partial charge in [0, 0.05) is 6.07 Å². The normalized spacial score (nSPS) is 10.9. The Labute approximate surface area is 125 Å². The molecule has 0 aliphatic carbocycles. The van der Waals surface area contributed by atoms with E-state index in [1.54, 1.807) is 48.2 Å². The van der Waals surface area contributed by atoms with Crippen LogP contribution in [-0.2, 0) is 6.54 Å². The molecule has 0 aliphatic heterocycles. The third-order valence-corrected chi connectivity index (χ3v) is 3.22. The maximum atomic E-state index is 12.6. The van der Waals surface area contributed by atoms with Crippen LogP contribution < -0.4 is 10.3 Å². The Morgan fingerprint density at radius 1 is 1.19 bits per heavy atom. The molecule has 0 spiro atoms. The number of ether oxygens (including phenoxy) is 1.